The fraction of sp³-hybridized carbons (Fsp3) is 0.143. The van der Waals surface area contributed by atoms with Crippen molar-refractivity contribution in [2.45, 2.75) is 19.1 Å². The van der Waals surface area contributed by atoms with Gasteiger partial charge in [-0.1, -0.05) is 54.3 Å². The van der Waals surface area contributed by atoms with Gasteiger partial charge in [0.1, 0.15) is 10.1 Å². The van der Waals surface area contributed by atoms with E-state index < -0.39 is 6.10 Å². The monoisotopic (exact) mass is 421 g/mol. The lowest BCUT2D eigenvalue weighted by atomic mass is 10.1. The second-order valence-corrected chi connectivity index (χ2v) is 8.17. The van der Waals surface area contributed by atoms with Crippen molar-refractivity contribution in [2.24, 2.45) is 0 Å². The van der Waals surface area contributed by atoms with Crippen LogP contribution in [0.1, 0.15) is 17.5 Å². The Kier molecular flexibility index (Phi) is 5.34. The van der Waals surface area contributed by atoms with E-state index in [1.807, 2.05) is 36.4 Å². The highest BCUT2D eigenvalue weighted by atomic mass is 32.2. The molecule has 1 unspecified atom stereocenters. The Morgan fingerprint density at radius 1 is 1.21 bits per heavy atom. The van der Waals surface area contributed by atoms with E-state index in [2.05, 4.69) is 11.4 Å². The van der Waals surface area contributed by atoms with Crippen molar-refractivity contribution in [1.82, 2.24) is 5.32 Å². The Morgan fingerprint density at radius 3 is 2.66 bits per heavy atom. The van der Waals surface area contributed by atoms with Crippen LogP contribution in [0.2, 0.25) is 0 Å². The predicted octanol–water partition coefficient (Wildman–Crippen LogP) is 3.27. The molecule has 144 valence electrons. The van der Waals surface area contributed by atoms with Gasteiger partial charge in [-0.3, -0.25) is 9.59 Å². The van der Waals surface area contributed by atoms with Crippen LogP contribution in [-0.2, 0) is 16.1 Å². The number of hydrogen-bond donors (Lipinski definition) is 1. The molecule has 0 spiro atoms. The number of benzene rings is 2. The quantitative estimate of drug-likeness (QED) is 0.603. The molecule has 0 radical (unpaired) electrons. The number of rotatable bonds is 4. The topological polar surface area (TPSA) is 82.4 Å². The molecule has 1 saturated heterocycles. The molecule has 2 aromatic rings. The van der Waals surface area contributed by atoms with Gasteiger partial charge in [0.25, 0.3) is 11.8 Å². The number of nitrogens with zero attached hydrogens (tertiary/aromatic N) is 2. The number of thioether (sulfide) groups is 1. The lowest BCUT2D eigenvalue weighted by Gasteiger charge is -2.34. The van der Waals surface area contributed by atoms with Gasteiger partial charge in [0, 0.05) is 6.42 Å². The third-order valence-electron chi connectivity index (χ3n) is 4.55. The first kappa shape index (κ1) is 19.2. The zero-order chi connectivity index (χ0) is 20.4. The first-order chi connectivity index (χ1) is 14.0. The summed E-state index contributed by atoms with van der Waals surface area (Å²) in [5, 5.41) is 11.5. The number of para-hydroxylation sites is 2. The summed E-state index contributed by atoms with van der Waals surface area (Å²) >= 11 is 6.17. The van der Waals surface area contributed by atoms with Crippen LogP contribution in [0.15, 0.2) is 59.5 Å². The molecule has 1 N–H and O–H groups in total. The SMILES string of the molecule is N#Cc1ccc(CN2C(=O)C(C/C=C3\SC(=S)NC3=O)Oc3ccccc32)cc1. The molecule has 0 aliphatic carbocycles. The van der Waals surface area contributed by atoms with Crippen LogP contribution >= 0.6 is 24.0 Å². The molecule has 29 heavy (non-hydrogen) atoms. The van der Waals surface area contributed by atoms with Gasteiger partial charge >= 0.3 is 0 Å². The molecule has 2 aromatic carbocycles. The normalized spacial score (nSPS) is 19.6. The van der Waals surface area contributed by atoms with Gasteiger partial charge in [0.15, 0.2) is 6.10 Å². The predicted molar refractivity (Wildman–Crippen MR) is 114 cm³/mol. The maximum absolute atomic E-state index is 13.2. The number of nitrogens with one attached hydrogen (secondary N) is 1. The van der Waals surface area contributed by atoms with Crippen LogP contribution in [0.5, 0.6) is 5.75 Å². The number of nitriles is 1. The Balaban J connectivity index is 1.59. The molecule has 2 amide bonds. The number of hydrogen-bond acceptors (Lipinski definition) is 6. The van der Waals surface area contributed by atoms with Crippen LogP contribution in [0.3, 0.4) is 0 Å². The van der Waals surface area contributed by atoms with Crippen molar-refractivity contribution in [3.63, 3.8) is 0 Å². The molecule has 1 atom stereocenters. The van der Waals surface area contributed by atoms with Crippen LogP contribution < -0.4 is 15.0 Å². The molecule has 2 aliphatic heterocycles. The number of ether oxygens (including phenoxy) is 1. The largest absolute Gasteiger partial charge is 0.478 e. The van der Waals surface area contributed by atoms with Crippen molar-refractivity contribution >= 4 is 45.8 Å². The molecule has 2 aliphatic rings. The maximum atomic E-state index is 13.2. The van der Waals surface area contributed by atoms with E-state index >= 15 is 0 Å². The van der Waals surface area contributed by atoms with Gasteiger partial charge in [-0.05, 0) is 29.8 Å². The summed E-state index contributed by atoms with van der Waals surface area (Å²) in [7, 11) is 0. The highest BCUT2D eigenvalue weighted by Crippen LogP contribution is 2.36. The summed E-state index contributed by atoms with van der Waals surface area (Å²) in [4.78, 5) is 27.2. The average Bonchev–Trinajstić information content (AvgIpc) is 3.06. The lowest BCUT2D eigenvalue weighted by molar-refractivity contribution is -0.126. The van der Waals surface area contributed by atoms with E-state index in [0.717, 1.165) is 5.56 Å². The molecule has 6 nitrogen and oxygen atoms in total. The fourth-order valence-corrected chi connectivity index (χ4v) is 4.16. The molecule has 0 aromatic heterocycles. The van der Waals surface area contributed by atoms with Gasteiger partial charge in [-0.15, -0.1) is 0 Å². The molecule has 4 rings (SSSR count). The van der Waals surface area contributed by atoms with E-state index in [1.165, 1.54) is 11.8 Å². The molecule has 2 heterocycles. The van der Waals surface area contributed by atoms with E-state index in [0.29, 0.717) is 32.8 Å². The van der Waals surface area contributed by atoms with Gasteiger partial charge in [-0.2, -0.15) is 5.26 Å². The van der Waals surface area contributed by atoms with Crippen molar-refractivity contribution in [2.75, 3.05) is 4.90 Å². The number of anilines is 1. The molecule has 1 fully saturated rings. The number of carbonyl (C=O) groups excluding carboxylic acids is 2. The smallest absolute Gasteiger partial charge is 0.268 e. The summed E-state index contributed by atoms with van der Waals surface area (Å²) in [5.41, 5.74) is 2.17. The van der Waals surface area contributed by atoms with Crippen LogP contribution in [0.25, 0.3) is 0 Å². The maximum Gasteiger partial charge on any atom is 0.268 e. The van der Waals surface area contributed by atoms with E-state index in [-0.39, 0.29) is 18.2 Å². The average molecular weight is 422 g/mol. The van der Waals surface area contributed by atoms with Crippen LogP contribution in [-0.4, -0.2) is 22.2 Å². The van der Waals surface area contributed by atoms with Crippen molar-refractivity contribution in [3.8, 4) is 11.8 Å². The molecule has 8 heteroatoms. The highest BCUT2D eigenvalue weighted by Gasteiger charge is 2.34. The molecular formula is C21H15N3O3S2. The number of carbonyl (C=O) groups is 2. The van der Waals surface area contributed by atoms with Gasteiger partial charge in [0.05, 0.1) is 28.8 Å². The second-order valence-electron chi connectivity index (χ2n) is 6.46. The molecular weight excluding hydrogens is 406 g/mol. The zero-order valence-corrected chi connectivity index (χ0v) is 16.8. The van der Waals surface area contributed by atoms with Crippen molar-refractivity contribution in [1.29, 1.82) is 5.26 Å². The molecule has 0 bridgehead atoms. The second kappa shape index (κ2) is 8.07. The van der Waals surface area contributed by atoms with Crippen LogP contribution in [0, 0.1) is 11.3 Å². The highest BCUT2D eigenvalue weighted by molar-refractivity contribution is 8.26. The molecule has 0 saturated carbocycles. The first-order valence-corrected chi connectivity index (χ1v) is 10.1. The van der Waals surface area contributed by atoms with Crippen LogP contribution in [0.4, 0.5) is 5.69 Å². The summed E-state index contributed by atoms with van der Waals surface area (Å²) in [5.74, 6) is 0.178. The zero-order valence-electron chi connectivity index (χ0n) is 15.1. The standard InChI is InChI=1S/C21H15N3O3S2/c22-11-13-5-7-14(8-6-13)12-24-15-3-1-2-4-16(15)27-17(20(24)26)9-10-18-19(25)23-21(28)29-18/h1-8,10,17H,9,12H2,(H,23,25,28)/b18-10-. The summed E-state index contributed by atoms with van der Waals surface area (Å²) in [6.07, 6.45) is 1.21. The van der Waals surface area contributed by atoms with E-state index in [1.54, 1.807) is 23.1 Å². The van der Waals surface area contributed by atoms with Gasteiger partial charge in [0.2, 0.25) is 0 Å². The summed E-state index contributed by atoms with van der Waals surface area (Å²) in [6, 6.07) is 16.6. The Hall–Kier alpha value is -3.15. The lowest BCUT2D eigenvalue weighted by Crippen LogP contribution is -2.45. The third-order valence-corrected chi connectivity index (χ3v) is 5.76. The van der Waals surface area contributed by atoms with E-state index in [9.17, 15) is 9.59 Å². The van der Waals surface area contributed by atoms with Crippen molar-refractivity contribution in [3.05, 3.63) is 70.6 Å². The number of fused-ring (bicyclic) bond motifs is 1. The minimum absolute atomic E-state index is 0.184. The van der Waals surface area contributed by atoms with Gasteiger partial charge < -0.3 is 15.0 Å². The van der Waals surface area contributed by atoms with Gasteiger partial charge in [-0.25, -0.2) is 0 Å². The third kappa shape index (κ3) is 4.01. The van der Waals surface area contributed by atoms with E-state index in [4.69, 9.17) is 22.2 Å². The fourth-order valence-electron chi connectivity index (χ4n) is 3.13. The number of thiocarbonyl (C=S) groups is 1. The minimum Gasteiger partial charge on any atom is -0.478 e. The summed E-state index contributed by atoms with van der Waals surface area (Å²) < 4.78 is 6.33. The Bertz CT molecular complexity index is 1070. The Labute approximate surface area is 177 Å². The minimum atomic E-state index is -0.738. The Morgan fingerprint density at radius 2 is 1.97 bits per heavy atom. The van der Waals surface area contributed by atoms with Crippen molar-refractivity contribution < 1.29 is 14.3 Å². The summed E-state index contributed by atoms with van der Waals surface area (Å²) in [6.45, 7) is 0.358. The number of amides is 2. The first-order valence-electron chi connectivity index (χ1n) is 8.84.